The van der Waals surface area contributed by atoms with E-state index in [0.717, 1.165) is 19.6 Å². The summed E-state index contributed by atoms with van der Waals surface area (Å²) >= 11 is 0. The van der Waals surface area contributed by atoms with Gasteiger partial charge in [0, 0.05) is 26.2 Å². The summed E-state index contributed by atoms with van der Waals surface area (Å²) < 4.78 is 5.97. The maximum absolute atomic E-state index is 5.97. The van der Waals surface area contributed by atoms with Gasteiger partial charge in [-0.2, -0.15) is 0 Å². The Hall–Kier alpha value is -0.900. The normalized spacial score (nSPS) is 23.2. The van der Waals surface area contributed by atoms with E-state index in [2.05, 4.69) is 56.9 Å². The first kappa shape index (κ1) is 15.5. The molecule has 1 aromatic rings. The van der Waals surface area contributed by atoms with Crippen LogP contribution in [0, 0.1) is 0 Å². The summed E-state index contributed by atoms with van der Waals surface area (Å²) in [7, 11) is 0. The smallest absolute Gasteiger partial charge is 0.0831 e. The van der Waals surface area contributed by atoms with Crippen molar-refractivity contribution in [2.45, 2.75) is 51.9 Å². The molecule has 0 saturated carbocycles. The van der Waals surface area contributed by atoms with Crippen molar-refractivity contribution in [3.8, 4) is 0 Å². The predicted molar refractivity (Wildman–Crippen MR) is 83.8 cm³/mol. The van der Waals surface area contributed by atoms with Gasteiger partial charge < -0.3 is 10.5 Å². The molecule has 0 spiro atoms. The van der Waals surface area contributed by atoms with E-state index in [0.29, 0.717) is 12.5 Å². The Morgan fingerprint density at radius 3 is 2.50 bits per heavy atom. The lowest BCUT2D eigenvalue weighted by atomic mass is 10.0. The number of hydrogen-bond acceptors (Lipinski definition) is 3. The molecule has 0 aliphatic carbocycles. The van der Waals surface area contributed by atoms with Crippen LogP contribution in [-0.4, -0.2) is 36.2 Å². The molecule has 112 valence electrons. The highest BCUT2D eigenvalue weighted by Crippen LogP contribution is 2.23. The van der Waals surface area contributed by atoms with E-state index in [1.807, 2.05) is 0 Å². The third-order valence-electron chi connectivity index (χ3n) is 3.87. The third-order valence-corrected chi connectivity index (χ3v) is 3.87. The van der Waals surface area contributed by atoms with Crippen LogP contribution >= 0.6 is 0 Å². The van der Waals surface area contributed by atoms with Gasteiger partial charge in [0.2, 0.25) is 0 Å². The molecule has 0 amide bonds. The minimum absolute atomic E-state index is 0.111. The van der Waals surface area contributed by atoms with Crippen molar-refractivity contribution in [2.75, 3.05) is 19.6 Å². The van der Waals surface area contributed by atoms with Crippen LogP contribution in [0.2, 0.25) is 0 Å². The number of morpholine rings is 1. The number of hydrogen-bond donors (Lipinski definition) is 1. The molecule has 2 N–H and O–H groups in total. The van der Waals surface area contributed by atoms with E-state index in [1.165, 1.54) is 11.1 Å². The molecule has 1 aliphatic heterocycles. The molecule has 2 rings (SSSR count). The molecule has 0 bridgehead atoms. The summed E-state index contributed by atoms with van der Waals surface area (Å²) in [6.07, 6.45) is 0.147. The molecule has 0 radical (unpaired) electrons. The average molecular weight is 276 g/mol. The monoisotopic (exact) mass is 276 g/mol. The lowest BCUT2D eigenvalue weighted by Gasteiger charge is -2.42. The van der Waals surface area contributed by atoms with Crippen LogP contribution in [-0.2, 0) is 11.3 Å². The van der Waals surface area contributed by atoms with Crippen molar-refractivity contribution < 1.29 is 4.74 Å². The molecular weight excluding hydrogens is 248 g/mol. The van der Waals surface area contributed by atoms with E-state index in [4.69, 9.17) is 10.5 Å². The van der Waals surface area contributed by atoms with Gasteiger partial charge in [-0.3, -0.25) is 4.90 Å². The van der Waals surface area contributed by atoms with Gasteiger partial charge in [-0.1, -0.05) is 38.1 Å². The SMILES string of the molecule is CC(C)c1ccc(CN2CC(CN)OC(C)(C)C2)cc1. The second-order valence-corrected chi connectivity index (χ2v) is 6.80. The maximum atomic E-state index is 5.97. The van der Waals surface area contributed by atoms with Crippen LogP contribution < -0.4 is 5.73 Å². The Kier molecular flexibility index (Phi) is 4.84. The van der Waals surface area contributed by atoms with E-state index in [1.54, 1.807) is 0 Å². The highest BCUT2D eigenvalue weighted by atomic mass is 16.5. The van der Waals surface area contributed by atoms with Crippen molar-refractivity contribution >= 4 is 0 Å². The fourth-order valence-electron chi connectivity index (χ4n) is 2.93. The molecule has 1 aliphatic rings. The van der Waals surface area contributed by atoms with Crippen molar-refractivity contribution in [1.29, 1.82) is 0 Å². The summed E-state index contributed by atoms with van der Waals surface area (Å²) in [5, 5.41) is 0. The van der Waals surface area contributed by atoms with Crippen molar-refractivity contribution in [3.05, 3.63) is 35.4 Å². The Bertz CT molecular complexity index is 425. The van der Waals surface area contributed by atoms with Gasteiger partial charge in [0.1, 0.15) is 0 Å². The fourth-order valence-corrected chi connectivity index (χ4v) is 2.93. The zero-order valence-corrected chi connectivity index (χ0v) is 13.2. The van der Waals surface area contributed by atoms with Gasteiger partial charge in [-0.05, 0) is 30.9 Å². The Morgan fingerprint density at radius 2 is 1.95 bits per heavy atom. The van der Waals surface area contributed by atoms with Gasteiger partial charge in [-0.25, -0.2) is 0 Å². The molecule has 1 saturated heterocycles. The molecule has 3 heteroatoms. The standard InChI is InChI=1S/C17H28N2O/c1-13(2)15-7-5-14(6-8-15)10-19-11-16(9-18)20-17(3,4)12-19/h5-8,13,16H,9-12,18H2,1-4H3. The zero-order chi connectivity index (χ0) is 14.8. The number of ether oxygens (including phenoxy) is 1. The third kappa shape index (κ3) is 4.05. The molecule has 1 heterocycles. The van der Waals surface area contributed by atoms with Crippen molar-refractivity contribution in [1.82, 2.24) is 4.90 Å². The van der Waals surface area contributed by atoms with Gasteiger partial charge in [-0.15, -0.1) is 0 Å². The summed E-state index contributed by atoms with van der Waals surface area (Å²) in [6.45, 7) is 12.2. The molecule has 1 aromatic carbocycles. The van der Waals surface area contributed by atoms with Crippen LogP contribution in [0.1, 0.15) is 44.7 Å². The first-order chi connectivity index (χ1) is 9.39. The van der Waals surface area contributed by atoms with Gasteiger partial charge in [0.25, 0.3) is 0 Å². The Morgan fingerprint density at radius 1 is 1.30 bits per heavy atom. The summed E-state index contributed by atoms with van der Waals surface area (Å²) in [6, 6.07) is 8.97. The first-order valence-corrected chi connectivity index (χ1v) is 7.59. The maximum Gasteiger partial charge on any atom is 0.0831 e. The molecule has 0 aromatic heterocycles. The lowest BCUT2D eigenvalue weighted by molar-refractivity contribution is -0.133. The minimum Gasteiger partial charge on any atom is -0.368 e. The van der Waals surface area contributed by atoms with Crippen LogP contribution in [0.5, 0.6) is 0 Å². The second-order valence-electron chi connectivity index (χ2n) is 6.80. The molecular formula is C17H28N2O. The van der Waals surface area contributed by atoms with E-state index < -0.39 is 0 Å². The molecule has 3 nitrogen and oxygen atoms in total. The zero-order valence-electron chi connectivity index (χ0n) is 13.2. The predicted octanol–water partition coefficient (Wildman–Crippen LogP) is 2.75. The Labute approximate surface area is 123 Å². The van der Waals surface area contributed by atoms with Crippen LogP contribution in [0.4, 0.5) is 0 Å². The van der Waals surface area contributed by atoms with Crippen LogP contribution in [0.3, 0.4) is 0 Å². The number of benzene rings is 1. The van der Waals surface area contributed by atoms with Gasteiger partial charge in [0.15, 0.2) is 0 Å². The summed E-state index contributed by atoms with van der Waals surface area (Å²) in [5.74, 6) is 0.591. The van der Waals surface area contributed by atoms with Crippen molar-refractivity contribution in [3.63, 3.8) is 0 Å². The quantitative estimate of drug-likeness (QED) is 0.919. The first-order valence-electron chi connectivity index (χ1n) is 7.59. The van der Waals surface area contributed by atoms with E-state index >= 15 is 0 Å². The van der Waals surface area contributed by atoms with Crippen molar-refractivity contribution in [2.24, 2.45) is 5.73 Å². The summed E-state index contributed by atoms with van der Waals surface area (Å²) in [4.78, 5) is 2.45. The molecule has 1 atom stereocenters. The highest BCUT2D eigenvalue weighted by Gasteiger charge is 2.32. The highest BCUT2D eigenvalue weighted by molar-refractivity contribution is 5.24. The van der Waals surface area contributed by atoms with Gasteiger partial charge >= 0.3 is 0 Å². The molecule has 20 heavy (non-hydrogen) atoms. The number of rotatable bonds is 4. The number of nitrogens with zero attached hydrogens (tertiary/aromatic N) is 1. The topological polar surface area (TPSA) is 38.5 Å². The lowest BCUT2D eigenvalue weighted by Crippen LogP contribution is -2.54. The van der Waals surface area contributed by atoms with Crippen LogP contribution in [0.15, 0.2) is 24.3 Å². The largest absolute Gasteiger partial charge is 0.368 e. The second kappa shape index (κ2) is 6.25. The molecule has 1 unspecified atom stereocenters. The summed E-state index contributed by atoms with van der Waals surface area (Å²) in [5.41, 5.74) is 8.43. The fraction of sp³-hybridized carbons (Fsp3) is 0.647. The van der Waals surface area contributed by atoms with Gasteiger partial charge in [0.05, 0.1) is 11.7 Å². The van der Waals surface area contributed by atoms with E-state index in [-0.39, 0.29) is 11.7 Å². The van der Waals surface area contributed by atoms with Crippen LogP contribution in [0.25, 0.3) is 0 Å². The Balaban J connectivity index is 2.01. The number of nitrogens with two attached hydrogens (primary N) is 1. The average Bonchev–Trinajstić information content (AvgIpc) is 2.37. The molecule has 1 fully saturated rings. The van der Waals surface area contributed by atoms with E-state index in [9.17, 15) is 0 Å². The minimum atomic E-state index is -0.111.